The van der Waals surface area contributed by atoms with Crippen LogP contribution >= 0.6 is 0 Å². The Morgan fingerprint density at radius 3 is 2.50 bits per heavy atom. The summed E-state index contributed by atoms with van der Waals surface area (Å²) in [6, 6.07) is 8.32. The quantitative estimate of drug-likeness (QED) is 0.846. The second kappa shape index (κ2) is 10.1. The second-order valence-electron chi connectivity index (χ2n) is 8.00. The molecule has 2 aliphatic rings. The van der Waals surface area contributed by atoms with Crippen molar-refractivity contribution in [3.05, 3.63) is 35.4 Å². The van der Waals surface area contributed by atoms with E-state index in [1.54, 1.807) is 0 Å². The minimum absolute atomic E-state index is 0.147. The molecule has 1 aromatic rings. The molecule has 2 aliphatic heterocycles. The van der Waals surface area contributed by atoms with Gasteiger partial charge in [0.1, 0.15) is 0 Å². The van der Waals surface area contributed by atoms with E-state index < -0.39 is 0 Å². The van der Waals surface area contributed by atoms with E-state index in [2.05, 4.69) is 22.3 Å². The summed E-state index contributed by atoms with van der Waals surface area (Å²) >= 11 is 0. The van der Waals surface area contributed by atoms with Gasteiger partial charge in [0.05, 0.1) is 0 Å². The number of hydrogen-bond acceptors (Lipinski definition) is 3. The summed E-state index contributed by atoms with van der Waals surface area (Å²) in [7, 11) is 1.93. The van der Waals surface area contributed by atoms with E-state index in [4.69, 9.17) is 0 Å². The minimum atomic E-state index is 0.147. The number of benzene rings is 1. The standard InChI is InChI=1S/C22H35N3O/c1-24(14-7-17-25-15-4-2-3-5-16-25)22(26)20-11-9-19(10-12-20)21-8-6-13-23-18-21/h9-12,21,23H,2-8,13-18H2,1H3. The zero-order valence-corrected chi connectivity index (χ0v) is 16.4. The summed E-state index contributed by atoms with van der Waals surface area (Å²) in [5.74, 6) is 0.744. The van der Waals surface area contributed by atoms with Crippen molar-refractivity contribution in [1.82, 2.24) is 15.1 Å². The number of rotatable bonds is 6. The lowest BCUT2D eigenvalue weighted by Gasteiger charge is -2.24. The maximum Gasteiger partial charge on any atom is 0.253 e. The Kier molecular flexibility index (Phi) is 7.51. The van der Waals surface area contributed by atoms with Crippen LogP contribution in [0.5, 0.6) is 0 Å². The highest BCUT2D eigenvalue weighted by Gasteiger charge is 2.17. The maximum atomic E-state index is 12.7. The van der Waals surface area contributed by atoms with Crippen molar-refractivity contribution >= 4 is 5.91 Å². The van der Waals surface area contributed by atoms with Crippen LogP contribution < -0.4 is 5.32 Å². The molecule has 3 rings (SSSR count). The SMILES string of the molecule is CN(CCCN1CCCCCC1)C(=O)c1ccc(C2CCCNC2)cc1. The van der Waals surface area contributed by atoms with E-state index in [9.17, 15) is 4.79 Å². The van der Waals surface area contributed by atoms with Crippen LogP contribution in [0.25, 0.3) is 0 Å². The third kappa shape index (κ3) is 5.55. The van der Waals surface area contributed by atoms with Crippen molar-refractivity contribution in [2.75, 3.05) is 46.3 Å². The summed E-state index contributed by atoms with van der Waals surface area (Å²) < 4.78 is 0. The van der Waals surface area contributed by atoms with Gasteiger partial charge in [0.2, 0.25) is 0 Å². The Bertz CT molecular complexity index is 543. The fourth-order valence-electron chi connectivity index (χ4n) is 4.25. The molecule has 0 aliphatic carbocycles. The fraction of sp³-hybridized carbons (Fsp3) is 0.682. The topological polar surface area (TPSA) is 35.6 Å². The largest absolute Gasteiger partial charge is 0.342 e. The van der Waals surface area contributed by atoms with Gasteiger partial charge in [-0.2, -0.15) is 0 Å². The van der Waals surface area contributed by atoms with Crippen LogP contribution in [0.4, 0.5) is 0 Å². The van der Waals surface area contributed by atoms with Crippen LogP contribution in [0.3, 0.4) is 0 Å². The van der Waals surface area contributed by atoms with Crippen molar-refractivity contribution in [2.45, 2.75) is 50.9 Å². The van der Waals surface area contributed by atoms with Gasteiger partial charge >= 0.3 is 0 Å². The number of nitrogens with zero attached hydrogens (tertiary/aromatic N) is 2. The molecule has 144 valence electrons. The normalized spacial score (nSPS) is 22.0. The first-order chi connectivity index (χ1) is 12.7. The molecule has 2 heterocycles. The number of hydrogen-bond donors (Lipinski definition) is 1. The third-order valence-electron chi connectivity index (χ3n) is 5.94. The van der Waals surface area contributed by atoms with Crippen LogP contribution in [0.15, 0.2) is 24.3 Å². The van der Waals surface area contributed by atoms with Gasteiger partial charge in [-0.15, -0.1) is 0 Å². The Hall–Kier alpha value is -1.39. The summed E-state index contributed by atoms with van der Waals surface area (Å²) in [5, 5.41) is 3.46. The highest BCUT2D eigenvalue weighted by molar-refractivity contribution is 5.94. The molecular formula is C22H35N3O. The van der Waals surface area contributed by atoms with E-state index >= 15 is 0 Å². The van der Waals surface area contributed by atoms with E-state index in [0.29, 0.717) is 5.92 Å². The molecule has 4 nitrogen and oxygen atoms in total. The number of likely N-dealkylation sites (tertiary alicyclic amines) is 1. The van der Waals surface area contributed by atoms with Crippen molar-refractivity contribution in [3.8, 4) is 0 Å². The van der Waals surface area contributed by atoms with Gasteiger partial charge in [-0.25, -0.2) is 0 Å². The number of amides is 1. The van der Waals surface area contributed by atoms with Crippen LogP contribution in [0, 0.1) is 0 Å². The Morgan fingerprint density at radius 1 is 1.12 bits per heavy atom. The molecule has 0 saturated carbocycles. The van der Waals surface area contributed by atoms with Crippen LogP contribution in [-0.2, 0) is 0 Å². The Morgan fingerprint density at radius 2 is 1.85 bits per heavy atom. The number of carbonyl (C=O) groups is 1. The lowest BCUT2D eigenvalue weighted by Crippen LogP contribution is -2.32. The zero-order chi connectivity index (χ0) is 18.2. The summed E-state index contributed by atoms with van der Waals surface area (Å²) in [6.45, 7) is 6.61. The van der Waals surface area contributed by atoms with Crippen molar-refractivity contribution in [3.63, 3.8) is 0 Å². The summed E-state index contributed by atoms with van der Waals surface area (Å²) in [5.41, 5.74) is 2.17. The molecule has 2 saturated heterocycles. The average molecular weight is 358 g/mol. The highest BCUT2D eigenvalue weighted by atomic mass is 16.2. The summed E-state index contributed by atoms with van der Waals surface area (Å²) in [6.07, 6.45) is 8.97. The van der Waals surface area contributed by atoms with Crippen LogP contribution in [-0.4, -0.2) is 62.0 Å². The fourth-order valence-corrected chi connectivity index (χ4v) is 4.25. The third-order valence-corrected chi connectivity index (χ3v) is 5.94. The molecular weight excluding hydrogens is 322 g/mol. The lowest BCUT2D eigenvalue weighted by atomic mass is 9.91. The number of piperidine rings is 1. The van der Waals surface area contributed by atoms with Gasteiger partial charge in [-0.3, -0.25) is 4.79 Å². The van der Waals surface area contributed by atoms with E-state index in [1.807, 2.05) is 24.1 Å². The molecule has 2 fully saturated rings. The zero-order valence-electron chi connectivity index (χ0n) is 16.4. The maximum absolute atomic E-state index is 12.7. The van der Waals surface area contributed by atoms with Gasteiger partial charge in [0.15, 0.2) is 0 Å². The van der Waals surface area contributed by atoms with Crippen molar-refractivity contribution in [2.24, 2.45) is 0 Å². The predicted molar refractivity (Wildman–Crippen MR) is 108 cm³/mol. The smallest absolute Gasteiger partial charge is 0.253 e. The van der Waals surface area contributed by atoms with Crippen LogP contribution in [0.2, 0.25) is 0 Å². The van der Waals surface area contributed by atoms with Crippen LogP contribution in [0.1, 0.15) is 66.8 Å². The van der Waals surface area contributed by atoms with Gasteiger partial charge in [0.25, 0.3) is 5.91 Å². The molecule has 1 unspecified atom stereocenters. The van der Waals surface area contributed by atoms with E-state index in [0.717, 1.165) is 38.2 Å². The van der Waals surface area contributed by atoms with E-state index in [-0.39, 0.29) is 5.91 Å². The van der Waals surface area contributed by atoms with Gasteiger partial charge in [-0.05, 0) is 81.9 Å². The molecule has 1 amide bonds. The lowest BCUT2D eigenvalue weighted by molar-refractivity contribution is 0.0788. The monoisotopic (exact) mass is 357 g/mol. The Balaban J connectivity index is 1.45. The first kappa shape index (κ1) is 19.4. The van der Waals surface area contributed by atoms with Crippen molar-refractivity contribution in [1.29, 1.82) is 0 Å². The minimum Gasteiger partial charge on any atom is -0.342 e. The predicted octanol–water partition coefficient (Wildman–Crippen LogP) is 3.49. The molecule has 0 aromatic heterocycles. The number of nitrogens with one attached hydrogen (secondary N) is 1. The molecule has 0 radical (unpaired) electrons. The van der Waals surface area contributed by atoms with E-state index in [1.165, 1.54) is 57.2 Å². The first-order valence-electron chi connectivity index (χ1n) is 10.5. The first-order valence-corrected chi connectivity index (χ1v) is 10.5. The molecule has 26 heavy (non-hydrogen) atoms. The molecule has 0 bridgehead atoms. The van der Waals surface area contributed by atoms with Gasteiger partial charge < -0.3 is 15.1 Å². The summed E-state index contributed by atoms with van der Waals surface area (Å²) in [4.78, 5) is 17.1. The molecule has 4 heteroatoms. The Labute approximate surface area is 158 Å². The second-order valence-corrected chi connectivity index (χ2v) is 8.00. The number of carbonyl (C=O) groups excluding carboxylic acids is 1. The molecule has 1 atom stereocenters. The molecule has 0 spiro atoms. The van der Waals surface area contributed by atoms with Gasteiger partial charge in [0, 0.05) is 25.7 Å². The van der Waals surface area contributed by atoms with Crippen molar-refractivity contribution < 1.29 is 4.79 Å². The molecule has 1 aromatic carbocycles. The average Bonchev–Trinajstić information content (AvgIpc) is 2.97. The highest BCUT2D eigenvalue weighted by Crippen LogP contribution is 2.23. The van der Waals surface area contributed by atoms with Gasteiger partial charge in [-0.1, -0.05) is 25.0 Å². The molecule has 1 N–H and O–H groups in total.